The van der Waals surface area contributed by atoms with Crippen LogP contribution in [0, 0.1) is 0 Å². The van der Waals surface area contributed by atoms with E-state index in [0.717, 1.165) is 18.7 Å². The van der Waals surface area contributed by atoms with Crippen molar-refractivity contribution in [1.82, 2.24) is 5.32 Å². The quantitative estimate of drug-likeness (QED) is 0.454. The molecule has 0 saturated heterocycles. The second-order valence-electron chi connectivity index (χ2n) is 4.93. The maximum Gasteiger partial charge on any atom is 0.0652 e. The first kappa shape index (κ1) is 12.0. The van der Waals surface area contributed by atoms with Crippen molar-refractivity contribution in [2.75, 3.05) is 6.54 Å². The van der Waals surface area contributed by atoms with Gasteiger partial charge in [-0.1, -0.05) is 49.7 Å². The van der Waals surface area contributed by atoms with E-state index in [-0.39, 0.29) is 0 Å². The second kappa shape index (κ2) is 5.31. The van der Waals surface area contributed by atoms with Crippen LogP contribution < -0.4 is 5.32 Å². The first-order chi connectivity index (χ1) is 9.38. The van der Waals surface area contributed by atoms with Gasteiger partial charge in [-0.2, -0.15) is 0 Å². The van der Waals surface area contributed by atoms with Crippen molar-refractivity contribution < 1.29 is 0 Å². The van der Waals surface area contributed by atoms with Gasteiger partial charge >= 0.3 is 0 Å². The van der Waals surface area contributed by atoms with E-state index in [4.69, 9.17) is 5.32 Å². The summed E-state index contributed by atoms with van der Waals surface area (Å²) in [7, 11) is 0. The van der Waals surface area contributed by atoms with Crippen LogP contribution in [-0.2, 0) is 0 Å². The maximum atomic E-state index is 4.73. The summed E-state index contributed by atoms with van der Waals surface area (Å²) in [4.78, 5) is 0. The Kier molecular flexibility index (Phi) is 3.37. The predicted octanol–water partition coefficient (Wildman–Crippen LogP) is 5.03. The van der Waals surface area contributed by atoms with Crippen molar-refractivity contribution in [2.24, 2.45) is 0 Å². The minimum absolute atomic E-state index is 0.919. The second-order valence-corrected chi connectivity index (χ2v) is 4.93. The molecular weight excluding hydrogens is 230 g/mol. The molecule has 0 fully saturated rings. The first-order valence-electron chi connectivity index (χ1n) is 6.97. The molecule has 3 aromatic rings. The molecule has 1 heteroatoms. The van der Waals surface area contributed by atoms with Crippen LogP contribution in [0.2, 0.25) is 0 Å². The van der Waals surface area contributed by atoms with E-state index < -0.39 is 0 Å². The average Bonchev–Trinajstić information content (AvgIpc) is 2.46. The van der Waals surface area contributed by atoms with E-state index in [1.165, 1.54) is 28.0 Å². The fraction of sp³-hybridized carbons (Fsp3) is 0.222. The van der Waals surface area contributed by atoms with Crippen molar-refractivity contribution in [3.63, 3.8) is 0 Å². The molecular formula is C18H18N. The lowest BCUT2D eigenvalue weighted by molar-refractivity contribution is 0.734. The molecule has 1 radical (unpaired) electrons. The number of hydrogen-bond acceptors (Lipinski definition) is 0. The molecule has 0 saturated carbocycles. The van der Waals surface area contributed by atoms with Gasteiger partial charge in [0.25, 0.3) is 0 Å². The van der Waals surface area contributed by atoms with Gasteiger partial charge in [0.2, 0.25) is 0 Å². The molecule has 0 bridgehead atoms. The predicted molar refractivity (Wildman–Crippen MR) is 83.0 cm³/mol. The van der Waals surface area contributed by atoms with E-state index in [2.05, 4.69) is 61.5 Å². The van der Waals surface area contributed by atoms with Crippen molar-refractivity contribution in [3.05, 3.63) is 54.6 Å². The third kappa shape index (κ3) is 2.41. The van der Waals surface area contributed by atoms with Crippen LogP contribution in [0.5, 0.6) is 0 Å². The molecule has 0 aliphatic carbocycles. The number of unbranched alkanes of at least 4 members (excludes halogenated alkanes) is 1. The van der Waals surface area contributed by atoms with Crippen LogP contribution in [-0.4, -0.2) is 6.54 Å². The summed E-state index contributed by atoms with van der Waals surface area (Å²) in [5.41, 5.74) is 1.12. The van der Waals surface area contributed by atoms with Gasteiger partial charge in [-0.05, 0) is 40.8 Å². The van der Waals surface area contributed by atoms with Gasteiger partial charge in [0.1, 0.15) is 0 Å². The van der Waals surface area contributed by atoms with Crippen LogP contribution in [0.3, 0.4) is 0 Å². The summed E-state index contributed by atoms with van der Waals surface area (Å²) in [5, 5.41) is 9.84. The highest BCUT2D eigenvalue weighted by Gasteiger charge is 2.03. The Balaban J connectivity index is 2.09. The Hall–Kier alpha value is -2.02. The number of rotatable bonds is 4. The molecule has 1 nitrogen and oxygen atoms in total. The lowest BCUT2D eigenvalue weighted by Crippen LogP contribution is -1.99. The summed E-state index contributed by atoms with van der Waals surface area (Å²) in [6.07, 6.45) is 2.35. The Morgan fingerprint density at radius 2 is 1.58 bits per heavy atom. The summed E-state index contributed by atoms with van der Waals surface area (Å²) in [6, 6.07) is 19.4. The van der Waals surface area contributed by atoms with Crippen molar-refractivity contribution in [1.29, 1.82) is 0 Å². The first-order valence-corrected chi connectivity index (χ1v) is 6.97. The zero-order valence-electron chi connectivity index (χ0n) is 11.3. The van der Waals surface area contributed by atoms with Crippen molar-refractivity contribution >= 4 is 27.2 Å². The van der Waals surface area contributed by atoms with Gasteiger partial charge in [-0.25, -0.2) is 0 Å². The van der Waals surface area contributed by atoms with Crippen molar-refractivity contribution in [3.8, 4) is 0 Å². The molecule has 0 N–H and O–H groups in total. The van der Waals surface area contributed by atoms with Gasteiger partial charge in [-0.15, -0.1) is 0 Å². The topological polar surface area (TPSA) is 14.1 Å². The fourth-order valence-corrected chi connectivity index (χ4v) is 2.45. The van der Waals surface area contributed by atoms with E-state index in [1.54, 1.807) is 0 Å². The molecule has 0 unspecified atom stereocenters. The highest BCUT2D eigenvalue weighted by atomic mass is 14.9. The normalized spacial score (nSPS) is 11.0. The monoisotopic (exact) mass is 248 g/mol. The summed E-state index contributed by atoms with van der Waals surface area (Å²) >= 11 is 0. The van der Waals surface area contributed by atoms with E-state index in [9.17, 15) is 0 Å². The molecule has 0 aliphatic rings. The SMILES string of the molecule is CCCC[N]c1cccc2cc3ccccc3cc12. The van der Waals surface area contributed by atoms with Gasteiger partial charge in [-0.3, -0.25) is 5.32 Å². The van der Waals surface area contributed by atoms with E-state index in [1.807, 2.05) is 0 Å². The fourth-order valence-electron chi connectivity index (χ4n) is 2.45. The molecule has 95 valence electrons. The summed E-state index contributed by atoms with van der Waals surface area (Å²) in [6.45, 7) is 3.12. The third-order valence-electron chi connectivity index (χ3n) is 3.52. The zero-order chi connectivity index (χ0) is 13.1. The van der Waals surface area contributed by atoms with Crippen molar-refractivity contribution in [2.45, 2.75) is 19.8 Å². The maximum absolute atomic E-state index is 4.73. The standard InChI is InChI=1S/C18H18N/c1-2-3-11-19-18-10-6-9-16-12-14-7-4-5-8-15(14)13-17(16)18/h4-10,12-13H,2-3,11H2,1H3. The van der Waals surface area contributed by atoms with E-state index in [0.29, 0.717) is 0 Å². The summed E-state index contributed by atoms with van der Waals surface area (Å²) < 4.78 is 0. The van der Waals surface area contributed by atoms with E-state index >= 15 is 0 Å². The Morgan fingerprint density at radius 1 is 0.842 bits per heavy atom. The van der Waals surface area contributed by atoms with Crippen LogP contribution in [0.15, 0.2) is 54.6 Å². The van der Waals surface area contributed by atoms with Crippen LogP contribution in [0.25, 0.3) is 21.5 Å². The minimum atomic E-state index is 0.919. The molecule has 3 aromatic carbocycles. The zero-order valence-corrected chi connectivity index (χ0v) is 11.3. The highest BCUT2D eigenvalue weighted by molar-refractivity contribution is 6.02. The molecule has 0 aliphatic heterocycles. The number of fused-ring (bicyclic) bond motifs is 2. The number of benzene rings is 3. The lowest BCUT2D eigenvalue weighted by Gasteiger charge is -2.08. The number of hydrogen-bond donors (Lipinski definition) is 0. The van der Waals surface area contributed by atoms with Gasteiger partial charge in [0.15, 0.2) is 0 Å². The smallest absolute Gasteiger partial charge is 0.0652 e. The third-order valence-corrected chi connectivity index (χ3v) is 3.52. The van der Waals surface area contributed by atoms with Gasteiger partial charge in [0.05, 0.1) is 5.69 Å². The molecule has 0 spiro atoms. The summed E-state index contributed by atoms with van der Waals surface area (Å²) in [5.74, 6) is 0. The molecule has 0 heterocycles. The Labute approximate surface area is 114 Å². The molecule has 0 amide bonds. The Morgan fingerprint density at radius 3 is 2.37 bits per heavy atom. The van der Waals surface area contributed by atoms with Crippen LogP contribution in [0.1, 0.15) is 19.8 Å². The van der Waals surface area contributed by atoms with Crippen LogP contribution >= 0.6 is 0 Å². The number of nitrogens with zero attached hydrogens (tertiary/aromatic N) is 1. The molecule has 0 aromatic heterocycles. The molecule has 19 heavy (non-hydrogen) atoms. The minimum Gasteiger partial charge on any atom is -0.285 e. The van der Waals surface area contributed by atoms with Gasteiger partial charge < -0.3 is 0 Å². The molecule has 0 atom stereocenters. The highest BCUT2D eigenvalue weighted by Crippen LogP contribution is 2.28. The van der Waals surface area contributed by atoms with Gasteiger partial charge in [0, 0.05) is 11.9 Å². The molecule has 3 rings (SSSR count). The largest absolute Gasteiger partial charge is 0.285 e. The average molecular weight is 248 g/mol. The van der Waals surface area contributed by atoms with Crippen LogP contribution in [0.4, 0.5) is 5.69 Å². The lowest BCUT2D eigenvalue weighted by atomic mass is 10.0. The Bertz CT molecular complexity index is 700.